The van der Waals surface area contributed by atoms with Gasteiger partial charge in [0.05, 0.1) is 17.7 Å². The highest BCUT2D eigenvalue weighted by atomic mass is 35.5. The Morgan fingerprint density at radius 1 is 1.20 bits per heavy atom. The van der Waals surface area contributed by atoms with E-state index in [1.807, 2.05) is 0 Å². The number of methoxy groups -OCH3 is 2. The van der Waals surface area contributed by atoms with E-state index in [9.17, 15) is 13.2 Å². The molecule has 2 bridgehead atoms. The SMILES string of the molecule is COc1cccc(C(=O)NNC(=NC23CC(C2)C3)NS(=O)(=O)[C@@H](C)[C@H](OC)c2ncc(Cl)cn2)n1. The summed E-state index contributed by atoms with van der Waals surface area (Å²) in [6.07, 6.45) is 4.38. The van der Waals surface area contributed by atoms with E-state index in [1.54, 1.807) is 12.1 Å². The van der Waals surface area contributed by atoms with Crippen LogP contribution in [0.1, 0.15) is 48.6 Å². The van der Waals surface area contributed by atoms with Crippen LogP contribution in [0.3, 0.4) is 0 Å². The lowest BCUT2D eigenvalue weighted by atomic mass is 9.50. The Morgan fingerprint density at radius 3 is 2.46 bits per heavy atom. The number of hydrazine groups is 1. The van der Waals surface area contributed by atoms with E-state index in [-0.39, 0.29) is 28.9 Å². The Bertz CT molecular complexity index is 1210. The number of sulfonamides is 1. The van der Waals surface area contributed by atoms with Crippen LogP contribution < -0.4 is 20.3 Å². The number of carbonyl (C=O) groups is 1. The highest BCUT2D eigenvalue weighted by Crippen LogP contribution is 2.59. The van der Waals surface area contributed by atoms with Crippen LogP contribution in [0.2, 0.25) is 5.02 Å². The molecule has 3 saturated carbocycles. The van der Waals surface area contributed by atoms with Crippen molar-refractivity contribution >= 4 is 33.5 Å². The minimum absolute atomic E-state index is 0.0808. The van der Waals surface area contributed by atoms with E-state index in [0.29, 0.717) is 10.9 Å². The summed E-state index contributed by atoms with van der Waals surface area (Å²) in [7, 11) is -1.25. The average molecular weight is 524 g/mol. The zero-order valence-electron chi connectivity index (χ0n) is 19.4. The molecule has 2 atom stereocenters. The Balaban J connectivity index is 1.50. The minimum atomic E-state index is -4.06. The predicted octanol–water partition coefficient (Wildman–Crippen LogP) is 1.37. The number of aliphatic imine (C=N–C) groups is 1. The Labute approximate surface area is 207 Å². The van der Waals surface area contributed by atoms with Gasteiger partial charge in [-0.1, -0.05) is 17.7 Å². The van der Waals surface area contributed by atoms with Gasteiger partial charge in [-0.25, -0.2) is 28.4 Å². The van der Waals surface area contributed by atoms with Gasteiger partial charge in [-0.2, -0.15) is 0 Å². The van der Waals surface area contributed by atoms with Gasteiger partial charge in [0.1, 0.15) is 17.0 Å². The lowest BCUT2D eigenvalue weighted by Gasteiger charge is -2.58. The van der Waals surface area contributed by atoms with Gasteiger partial charge in [-0.05, 0) is 38.2 Å². The van der Waals surface area contributed by atoms with E-state index < -0.39 is 27.3 Å². The third-order valence-electron chi connectivity index (χ3n) is 6.12. The molecule has 2 aromatic rings. The number of pyridine rings is 1. The highest BCUT2D eigenvalue weighted by molar-refractivity contribution is 7.90. The number of amides is 1. The summed E-state index contributed by atoms with van der Waals surface area (Å²) in [6, 6.07) is 4.72. The number of hydrogen-bond donors (Lipinski definition) is 3. The van der Waals surface area contributed by atoms with Crippen molar-refractivity contribution in [3.8, 4) is 5.88 Å². The summed E-state index contributed by atoms with van der Waals surface area (Å²) < 4.78 is 39.4. The summed E-state index contributed by atoms with van der Waals surface area (Å²) in [4.78, 5) is 29.4. The van der Waals surface area contributed by atoms with Crippen molar-refractivity contribution in [2.45, 2.75) is 43.1 Å². The van der Waals surface area contributed by atoms with E-state index in [2.05, 4.69) is 35.5 Å². The summed E-state index contributed by atoms with van der Waals surface area (Å²) in [5, 5.41) is -0.792. The highest BCUT2D eigenvalue weighted by Gasteiger charge is 2.57. The van der Waals surface area contributed by atoms with Gasteiger partial charge in [0.25, 0.3) is 5.91 Å². The molecule has 188 valence electrons. The zero-order chi connectivity index (χ0) is 25.2. The predicted molar refractivity (Wildman–Crippen MR) is 127 cm³/mol. The number of nitrogens with zero attached hydrogens (tertiary/aromatic N) is 4. The fourth-order valence-corrected chi connectivity index (χ4v) is 5.29. The van der Waals surface area contributed by atoms with Crippen LogP contribution in [-0.4, -0.2) is 60.2 Å². The van der Waals surface area contributed by atoms with Crippen molar-refractivity contribution in [1.82, 2.24) is 30.5 Å². The van der Waals surface area contributed by atoms with E-state index >= 15 is 0 Å². The van der Waals surface area contributed by atoms with Gasteiger partial charge < -0.3 is 9.47 Å². The molecule has 0 saturated heterocycles. The van der Waals surface area contributed by atoms with Crippen molar-refractivity contribution in [1.29, 1.82) is 0 Å². The maximum Gasteiger partial charge on any atom is 0.288 e. The molecule has 3 aliphatic carbocycles. The van der Waals surface area contributed by atoms with Gasteiger partial charge in [0.2, 0.25) is 21.9 Å². The van der Waals surface area contributed by atoms with Gasteiger partial charge in [-0.15, -0.1) is 0 Å². The molecule has 1 amide bonds. The molecule has 12 nitrogen and oxygen atoms in total. The molecule has 0 unspecified atom stereocenters. The van der Waals surface area contributed by atoms with Crippen molar-refractivity contribution in [2.24, 2.45) is 10.9 Å². The third-order valence-corrected chi connectivity index (χ3v) is 8.02. The van der Waals surface area contributed by atoms with E-state index in [4.69, 9.17) is 21.1 Å². The summed E-state index contributed by atoms with van der Waals surface area (Å²) >= 11 is 5.84. The number of guanidine groups is 1. The van der Waals surface area contributed by atoms with Gasteiger partial charge in [-0.3, -0.25) is 20.4 Å². The number of halogens is 1. The number of nitrogens with one attached hydrogen (secondary N) is 3. The third kappa shape index (κ3) is 5.46. The molecule has 3 fully saturated rings. The van der Waals surface area contributed by atoms with E-state index in [1.165, 1.54) is 39.6 Å². The van der Waals surface area contributed by atoms with Crippen molar-refractivity contribution in [3.05, 3.63) is 47.1 Å². The molecule has 3 aliphatic rings. The second-order valence-electron chi connectivity index (χ2n) is 8.58. The maximum absolute atomic E-state index is 13.2. The Kier molecular flexibility index (Phi) is 7.10. The molecule has 0 radical (unpaired) electrons. The smallest absolute Gasteiger partial charge is 0.288 e. The number of ether oxygens (including phenoxy) is 2. The zero-order valence-corrected chi connectivity index (χ0v) is 20.9. The first-order valence-electron chi connectivity index (χ1n) is 10.8. The lowest BCUT2D eigenvalue weighted by Crippen LogP contribution is -2.60. The van der Waals surface area contributed by atoms with Crippen LogP contribution in [0, 0.1) is 5.92 Å². The van der Waals surface area contributed by atoms with Gasteiger partial charge >= 0.3 is 0 Å². The lowest BCUT2D eigenvalue weighted by molar-refractivity contribution is -0.0151. The molecule has 14 heteroatoms. The van der Waals surface area contributed by atoms with Crippen molar-refractivity contribution in [3.63, 3.8) is 0 Å². The second kappa shape index (κ2) is 9.91. The fraction of sp³-hybridized carbons (Fsp3) is 0.476. The molecule has 0 spiro atoms. The van der Waals surface area contributed by atoms with Crippen LogP contribution >= 0.6 is 11.6 Å². The maximum atomic E-state index is 13.2. The van der Waals surface area contributed by atoms with Crippen LogP contribution in [0.5, 0.6) is 5.88 Å². The molecule has 5 rings (SSSR count). The molecule has 35 heavy (non-hydrogen) atoms. The average Bonchev–Trinajstić information content (AvgIpc) is 2.80. The van der Waals surface area contributed by atoms with Crippen LogP contribution in [0.15, 0.2) is 35.6 Å². The summed E-state index contributed by atoms with van der Waals surface area (Å²) in [5.74, 6) is 0.359. The van der Waals surface area contributed by atoms with Crippen LogP contribution in [0.4, 0.5) is 0 Å². The minimum Gasteiger partial charge on any atom is -0.481 e. The molecular weight excluding hydrogens is 498 g/mol. The topological polar surface area (TPSA) is 157 Å². The van der Waals surface area contributed by atoms with Crippen molar-refractivity contribution < 1.29 is 22.7 Å². The number of hydrogen-bond acceptors (Lipinski definition) is 9. The second-order valence-corrected chi connectivity index (χ2v) is 11.0. The molecule has 3 N–H and O–H groups in total. The molecule has 0 aliphatic heterocycles. The summed E-state index contributed by atoms with van der Waals surface area (Å²) in [6.45, 7) is 1.46. The number of carbonyl (C=O) groups excluding carboxylic acids is 1. The normalized spacial score (nSPS) is 22.7. The first kappa shape index (κ1) is 25.1. The van der Waals surface area contributed by atoms with Crippen LogP contribution in [0.25, 0.3) is 0 Å². The van der Waals surface area contributed by atoms with Gasteiger partial charge in [0, 0.05) is 25.6 Å². The quantitative estimate of drug-likeness (QED) is 0.264. The first-order chi connectivity index (χ1) is 16.6. The Hall–Kier alpha value is -3.03. The summed E-state index contributed by atoms with van der Waals surface area (Å²) in [5.41, 5.74) is 4.81. The Morgan fingerprint density at radius 2 is 1.89 bits per heavy atom. The van der Waals surface area contributed by atoms with Crippen LogP contribution in [-0.2, 0) is 14.8 Å². The fourth-order valence-electron chi connectivity index (χ4n) is 4.08. The standard InChI is InChI=1S/C21H26ClN7O5S/c1-12(17(34-3)18-23-10-14(22)11-24-18)35(31,32)29-20(26-21-7-13(8-21)9-21)28-27-19(30)15-5-4-6-16(25-15)33-2/h4-6,10-13,17H,7-9H2,1-3H3,(H,27,30)(H2,26,28,29)/t12-,13?,17-,21?/m0/s1. The molecular formula is C21H26ClN7O5S. The molecule has 2 heterocycles. The van der Waals surface area contributed by atoms with Crippen molar-refractivity contribution in [2.75, 3.05) is 14.2 Å². The largest absolute Gasteiger partial charge is 0.481 e. The van der Waals surface area contributed by atoms with E-state index in [0.717, 1.165) is 19.3 Å². The molecule has 2 aromatic heterocycles. The first-order valence-corrected chi connectivity index (χ1v) is 12.8. The van der Waals surface area contributed by atoms with Gasteiger partial charge in [0.15, 0.2) is 5.82 Å². The molecule has 0 aromatic carbocycles. The number of rotatable bonds is 8. The monoisotopic (exact) mass is 523 g/mol. The number of aromatic nitrogens is 3.